The van der Waals surface area contributed by atoms with Crippen LogP contribution in [0, 0.1) is 16.0 Å². The van der Waals surface area contributed by atoms with Crippen LogP contribution in [0.15, 0.2) is 47.6 Å². The molecule has 0 unspecified atom stereocenters. The molecule has 2 aromatic carbocycles. The largest absolute Gasteiger partial charge is 0.493 e. The number of halogens is 1. The molecule has 0 aliphatic rings. The molecular weight excluding hydrogens is 358 g/mol. The summed E-state index contributed by atoms with van der Waals surface area (Å²) >= 11 is 5.74. The Kier molecular flexibility index (Phi) is 6.68. The highest BCUT2D eigenvalue weighted by Crippen LogP contribution is 2.24. The van der Waals surface area contributed by atoms with Gasteiger partial charge in [0.25, 0.3) is 11.6 Å². The third kappa shape index (κ3) is 5.56. The topological polar surface area (TPSA) is 93.8 Å². The zero-order valence-corrected chi connectivity index (χ0v) is 15.1. The zero-order chi connectivity index (χ0) is 19.1. The van der Waals surface area contributed by atoms with Crippen LogP contribution >= 0.6 is 11.6 Å². The Morgan fingerprint density at radius 3 is 2.62 bits per heavy atom. The Morgan fingerprint density at radius 2 is 2.00 bits per heavy atom. The van der Waals surface area contributed by atoms with E-state index in [0.717, 1.165) is 0 Å². The molecule has 8 heteroatoms. The van der Waals surface area contributed by atoms with Crippen LogP contribution in [0.3, 0.4) is 0 Å². The van der Waals surface area contributed by atoms with E-state index in [9.17, 15) is 14.9 Å². The lowest BCUT2D eigenvalue weighted by Gasteiger charge is -2.08. The fourth-order valence-electron chi connectivity index (χ4n) is 1.95. The maximum atomic E-state index is 12.0. The van der Waals surface area contributed by atoms with Gasteiger partial charge in [0.05, 0.1) is 17.7 Å². The SMILES string of the molecule is CC(C)COc1ccc(C(=O)N/N=C/c2ccc(Cl)c([N+](=O)[O-])c2)cc1. The Morgan fingerprint density at radius 1 is 1.31 bits per heavy atom. The summed E-state index contributed by atoms with van der Waals surface area (Å²) in [6.07, 6.45) is 1.31. The van der Waals surface area contributed by atoms with E-state index in [0.29, 0.717) is 29.4 Å². The quantitative estimate of drug-likeness (QED) is 0.448. The minimum atomic E-state index is -0.582. The summed E-state index contributed by atoms with van der Waals surface area (Å²) in [5, 5.41) is 14.7. The summed E-state index contributed by atoms with van der Waals surface area (Å²) in [6.45, 7) is 4.70. The van der Waals surface area contributed by atoms with Crippen LogP contribution in [0.4, 0.5) is 5.69 Å². The van der Waals surface area contributed by atoms with Gasteiger partial charge in [-0.1, -0.05) is 31.5 Å². The van der Waals surface area contributed by atoms with Crippen molar-refractivity contribution < 1.29 is 14.5 Å². The van der Waals surface area contributed by atoms with Crippen LogP contribution in [0.2, 0.25) is 5.02 Å². The molecule has 0 saturated heterocycles. The average molecular weight is 376 g/mol. The van der Waals surface area contributed by atoms with E-state index in [1.165, 1.54) is 18.3 Å². The van der Waals surface area contributed by atoms with Crippen molar-refractivity contribution in [2.24, 2.45) is 11.0 Å². The molecule has 2 aromatic rings. The van der Waals surface area contributed by atoms with Gasteiger partial charge in [-0.2, -0.15) is 5.10 Å². The minimum Gasteiger partial charge on any atom is -0.493 e. The van der Waals surface area contributed by atoms with Crippen molar-refractivity contribution in [3.8, 4) is 5.75 Å². The zero-order valence-electron chi connectivity index (χ0n) is 14.3. The summed E-state index contributed by atoms with van der Waals surface area (Å²) in [7, 11) is 0. The monoisotopic (exact) mass is 375 g/mol. The highest BCUT2D eigenvalue weighted by Gasteiger charge is 2.12. The molecule has 26 heavy (non-hydrogen) atoms. The molecule has 0 atom stereocenters. The lowest BCUT2D eigenvalue weighted by molar-refractivity contribution is -0.384. The number of hydrazone groups is 1. The fourth-order valence-corrected chi connectivity index (χ4v) is 2.13. The Balaban J connectivity index is 1.96. The molecule has 0 bridgehead atoms. The number of hydrogen-bond donors (Lipinski definition) is 1. The van der Waals surface area contributed by atoms with Crippen molar-refractivity contribution in [3.05, 3.63) is 68.7 Å². The van der Waals surface area contributed by atoms with Gasteiger partial charge in [0, 0.05) is 17.2 Å². The van der Waals surface area contributed by atoms with E-state index in [-0.39, 0.29) is 10.7 Å². The number of nitrogens with zero attached hydrogens (tertiary/aromatic N) is 2. The number of amides is 1. The van der Waals surface area contributed by atoms with Gasteiger partial charge in [0.1, 0.15) is 10.8 Å². The van der Waals surface area contributed by atoms with Crippen molar-refractivity contribution in [1.82, 2.24) is 5.43 Å². The predicted molar refractivity (Wildman–Crippen MR) is 99.9 cm³/mol. The molecule has 0 spiro atoms. The van der Waals surface area contributed by atoms with Gasteiger partial charge in [-0.05, 0) is 36.2 Å². The molecule has 7 nitrogen and oxygen atoms in total. The first-order chi connectivity index (χ1) is 12.4. The van der Waals surface area contributed by atoms with Crippen molar-refractivity contribution in [3.63, 3.8) is 0 Å². The average Bonchev–Trinajstić information content (AvgIpc) is 2.61. The summed E-state index contributed by atoms with van der Waals surface area (Å²) in [4.78, 5) is 22.3. The van der Waals surface area contributed by atoms with Gasteiger partial charge in [0.2, 0.25) is 0 Å². The van der Waals surface area contributed by atoms with Crippen molar-refractivity contribution in [1.29, 1.82) is 0 Å². The maximum absolute atomic E-state index is 12.0. The summed E-state index contributed by atoms with van der Waals surface area (Å²) in [5.41, 5.74) is 3.01. The smallest absolute Gasteiger partial charge is 0.288 e. The third-order valence-corrected chi connectivity index (χ3v) is 3.57. The number of rotatable bonds is 7. The third-order valence-electron chi connectivity index (χ3n) is 3.25. The van der Waals surface area contributed by atoms with Gasteiger partial charge >= 0.3 is 0 Å². The maximum Gasteiger partial charge on any atom is 0.288 e. The predicted octanol–water partition coefficient (Wildman–Crippen LogP) is 4.05. The van der Waals surface area contributed by atoms with Crippen molar-refractivity contribution >= 4 is 29.4 Å². The molecule has 0 aromatic heterocycles. The number of nitro benzene ring substituents is 1. The first-order valence-electron chi connectivity index (χ1n) is 7.87. The van der Waals surface area contributed by atoms with Crippen LogP contribution in [0.25, 0.3) is 0 Å². The number of ether oxygens (including phenoxy) is 1. The standard InChI is InChI=1S/C18H18ClN3O4/c1-12(2)11-26-15-6-4-14(5-7-15)18(23)21-20-10-13-3-8-16(19)17(9-13)22(24)25/h3-10,12H,11H2,1-2H3,(H,21,23)/b20-10+. The van der Waals surface area contributed by atoms with E-state index in [1.807, 2.05) is 0 Å². The second-order valence-electron chi connectivity index (χ2n) is 5.90. The first-order valence-corrected chi connectivity index (χ1v) is 8.25. The van der Waals surface area contributed by atoms with Gasteiger partial charge in [-0.15, -0.1) is 0 Å². The number of hydrogen-bond acceptors (Lipinski definition) is 5. The Labute approximate surface area is 155 Å². The molecule has 136 valence electrons. The molecule has 0 saturated carbocycles. The van der Waals surface area contributed by atoms with Gasteiger partial charge in [-0.3, -0.25) is 14.9 Å². The molecular formula is C18H18ClN3O4. The van der Waals surface area contributed by atoms with E-state index in [4.69, 9.17) is 16.3 Å². The van der Waals surface area contributed by atoms with Gasteiger partial charge < -0.3 is 4.74 Å². The van der Waals surface area contributed by atoms with Crippen molar-refractivity contribution in [2.75, 3.05) is 6.61 Å². The van der Waals surface area contributed by atoms with Crippen LogP contribution < -0.4 is 10.2 Å². The Bertz CT molecular complexity index is 820. The lowest BCUT2D eigenvalue weighted by atomic mass is 10.2. The minimum absolute atomic E-state index is 0.0379. The number of nitro groups is 1. The van der Waals surface area contributed by atoms with Crippen LogP contribution in [-0.4, -0.2) is 23.7 Å². The summed E-state index contributed by atoms with van der Waals surface area (Å²) < 4.78 is 5.55. The van der Waals surface area contributed by atoms with Crippen LogP contribution in [-0.2, 0) is 0 Å². The lowest BCUT2D eigenvalue weighted by Crippen LogP contribution is -2.17. The van der Waals surface area contributed by atoms with Gasteiger partial charge in [0.15, 0.2) is 0 Å². The van der Waals surface area contributed by atoms with Gasteiger partial charge in [-0.25, -0.2) is 5.43 Å². The van der Waals surface area contributed by atoms with E-state index >= 15 is 0 Å². The summed E-state index contributed by atoms with van der Waals surface area (Å²) in [5.74, 6) is 0.698. The molecule has 0 fully saturated rings. The molecule has 1 N–H and O–H groups in total. The molecule has 0 radical (unpaired) electrons. The highest BCUT2D eigenvalue weighted by molar-refractivity contribution is 6.32. The van der Waals surface area contributed by atoms with E-state index in [2.05, 4.69) is 24.4 Å². The normalized spacial score (nSPS) is 10.9. The second kappa shape index (κ2) is 8.96. The van der Waals surface area contributed by atoms with Crippen LogP contribution in [0.1, 0.15) is 29.8 Å². The molecule has 2 rings (SSSR count). The molecule has 0 aliphatic heterocycles. The Hall–Kier alpha value is -2.93. The number of benzene rings is 2. The van der Waals surface area contributed by atoms with E-state index < -0.39 is 10.8 Å². The molecule has 1 amide bonds. The first kappa shape index (κ1) is 19.4. The number of nitrogens with one attached hydrogen (secondary N) is 1. The fraction of sp³-hybridized carbons (Fsp3) is 0.222. The molecule has 0 heterocycles. The van der Waals surface area contributed by atoms with Crippen LogP contribution in [0.5, 0.6) is 5.75 Å². The summed E-state index contributed by atoms with van der Waals surface area (Å²) in [6, 6.07) is 10.9. The number of carbonyl (C=O) groups excluding carboxylic acids is 1. The number of carbonyl (C=O) groups is 1. The van der Waals surface area contributed by atoms with Crippen molar-refractivity contribution in [2.45, 2.75) is 13.8 Å². The highest BCUT2D eigenvalue weighted by atomic mass is 35.5. The second-order valence-corrected chi connectivity index (χ2v) is 6.30. The van der Waals surface area contributed by atoms with E-state index in [1.54, 1.807) is 30.3 Å². The molecule has 0 aliphatic carbocycles.